The van der Waals surface area contributed by atoms with E-state index in [-0.39, 0.29) is 11.8 Å². The summed E-state index contributed by atoms with van der Waals surface area (Å²) in [6.45, 7) is 0.278. The average molecular weight is 556 g/mol. The zero-order valence-electron chi connectivity index (χ0n) is 17.7. The van der Waals surface area contributed by atoms with Crippen LogP contribution in [0.3, 0.4) is 0 Å². The quantitative estimate of drug-likeness (QED) is 0.311. The van der Waals surface area contributed by atoms with Crippen molar-refractivity contribution in [2.24, 2.45) is 0 Å². The molecule has 1 aliphatic heterocycles. The minimum Gasteiger partial charge on any atom is -0.493 e. The maximum atomic E-state index is 12.9. The number of hydrogen-bond acceptors (Lipinski definition) is 6. The minimum atomic E-state index is -0.409. The molecule has 3 aromatic carbocycles. The zero-order valence-corrected chi connectivity index (χ0v) is 20.9. The number of nitriles is 1. The summed E-state index contributed by atoms with van der Waals surface area (Å²) in [6, 6.07) is 19.2. The summed E-state index contributed by atoms with van der Waals surface area (Å²) in [4.78, 5) is 26.8. The van der Waals surface area contributed by atoms with Gasteiger partial charge >= 0.3 is 0 Å². The number of hydrogen-bond donors (Lipinski definition) is 0. The smallest absolute Gasteiger partial charge is 0.298 e. The first-order valence-corrected chi connectivity index (χ1v) is 11.9. The van der Waals surface area contributed by atoms with Gasteiger partial charge in [0.05, 0.1) is 33.8 Å². The van der Waals surface area contributed by atoms with Crippen LogP contribution in [0.25, 0.3) is 6.08 Å². The molecule has 170 valence electrons. The Bertz CT molecular complexity index is 1330. The highest BCUT2D eigenvalue weighted by Crippen LogP contribution is 2.40. The Kier molecular flexibility index (Phi) is 7.27. The number of nitrogens with zero attached hydrogens (tertiary/aromatic N) is 2. The average Bonchev–Trinajstić information content (AvgIpc) is 3.11. The molecule has 1 fully saturated rings. The van der Waals surface area contributed by atoms with Gasteiger partial charge in [-0.1, -0.05) is 23.7 Å². The van der Waals surface area contributed by atoms with Gasteiger partial charge in [0.15, 0.2) is 11.5 Å². The van der Waals surface area contributed by atoms with E-state index in [1.54, 1.807) is 54.6 Å². The Hall–Kier alpha value is -3.25. The van der Waals surface area contributed by atoms with Crippen molar-refractivity contribution in [2.75, 3.05) is 12.0 Å². The molecule has 4 rings (SSSR count). The lowest BCUT2D eigenvalue weighted by atomic mass is 10.1. The second kappa shape index (κ2) is 10.3. The molecule has 0 spiro atoms. The van der Waals surface area contributed by atoms with Crippen LogP contribution < -0.4 is 14.4 Å². The normalized spacial score (nSPS) is 14.4. The van der Waals surface area contributed by atoms with Crippen molar-refractivity contribution in [3.63, 3.8) is 0 Å². The second-order valence-electron chi connectivity index (χ2n) is 7.13. The van der Waals surface area contributed by atoms with Gasteiger partial charge in [-0.25, -0.2) is 4.90 Å². The van der Waals surface area contributed by atoms with Gasteiger partial charge in [-0.2, -0.15) is 5.26 Å². The summed E-state index contributed by atoms with van der Waals surface area (Å²) >= 11 is 10.3. The number of imide groups is 1. The predicted octanol–water partition coefficient (Wildman–Crippen LogP) is 6.80. The Labute approximate surface area is 213 Å². The Morgan fingerprint density at radius 3 is 2.47 bits per heavy atom. The number of amides is 2. The van der Waals surface area contributed by atoms with E-state index in [0.717, 1.165) is 22.2 Å². The van der Waals surface area contributed by atoms with Crippen molar-refractivity contribution in [1.82, 2.24) is 0 Å². The van der Waals surface area contributed by atoms with Crippen LogP contribution in [0.1, 0.15) is 16.7 Å². The number of carbonyl (C=O) groups is 2. The first kappa shape index (κ1) is 23.9. The summed E-state index contributed by atoms with van der Waals surface area (Å²) in [5.41, 5.74) is 2.59. The van der Waals surface area contributed by atoms with Crippen LogP contribution in [0.4, 0.5) is 10.5 Å². The van der Waals surface area contributed by atoms with Gasteiger partial charge < -0.3 is 9.47 Å². The van der Waals surface area contributed by atoms with Crippen molar-refractivity contribution >= 4 is 62.2 Å². The van der Waals surface area contributed by atoms with Crippen LogP contribution in [0.2, 0.25) is 5.02 Å². The highest BCUT2D eigenvalue weighted by molar-refractivity contribution is 9.10. The van der Waals surface area contributed by atoms with Crippen LogP contribution in [0.5, 0.6) is 11.5 Å². The number of carbonyl (C=O) groups excluding carboxylic acids is 2. The van der Waals surface area contributed by atoms with Crippen molar-refractivity contribution in [3.05, 3.63) is 91.8 Å². The molecular formula is C25H16BrClN2O4S. The van der Waals surface area contributed by atoms with Crippen molar-refractivity contribution in [2.45, 2.75) is 6.61 Å². The fourth-order valence-corrected chi connectivity index (χ4v) is 4.77. The Morgan fingerprint density at radius 1 is 1.12 bits per heavy atom. The van der Waals surface area contributed by atoms with Gasteiger partial charge in [0.25, 0.3) is 11.1 Å². The number of thioether (sulfide) groups is 1. The topological polar surface area (TPSA) is 79.6 Å². The summed E-state index contributed by atoms with van der Waals surface area (Å²) in [5.74, 6) is 0.554. The van der Waals surface area contributed by atoms with Gasteiger partial charge in [-0.3, -0.25) is 9.59 Å². The lowest BCUT2D eigenvalue weighted by Gasteiger charge is -2.14. The molecule has 2 amide bonds. The van der Waals surface area contributed by atoms with E-state index in [2.05, 4.69) is 22.0 Å². The van der Waals surface area contributed by atoms with Gasteiger partial charge in [0.1, 0.15) is 6.61 Å². The molecule has 0 saturated carbocycles. The molecule has 0 N–H and O–H groups in total. The third-order valence-electron chi connectivity index (χ3n) is 4.89. The number of ether oxygens (including phenoxy) is 2. The molecule has 0 radical (unpaired) electrons. The highest BCUT2D eigenvalue weighted by atomic mass is 79.9. The summed E-state index contributed by atoms with van der Waals surface area (Å²) in [6.07, 6.45) is 1.64. The number of methoxy groups -OCH3 is 1. The fraction of sp³-hybridized carbons (Fsp3) is 0.0800. The summed E-state index contributed by atoms with van der Waals surface area (Å²) in [7, 11) is 1.52. The van der Waals surface area contributed by atoms with E-state index in [4.69, 9.17) is 26.3 Å². The predicted molar refractivity (Wildman–Crippen MR) is 136 cm³/mol. The van der Waals surface area contributed by atoms with Gasteiger partial charge in [0.2, 0.25) is 0 Å². The van der Waals surface area contributed by atoms with Crippen molar-refractivity contribution in [3.8, 4) is 17.6 Å². The molecule has 34 heavy (non-hydrogen) atoms. The maximum Gasteiger partial charge on any atom is 0.298 e. The Balaban J connectivity index is 1.56. The SMILES string of the molecule is COc1cc(/C=C2\SC(=O)N(c3ccc(Cl)cc3)C2=O)cc(Br)c1OCc1ccc(C#N)cc1. The minimum absolute atomic E-state index is 0.278. The van der Waals surface area contributed by atoms with E-state index < -0.39 is 5.91 Å². The van der Waals surface area contributed by atoms with E-state index in [0.29, 0.717) is 42.7 Å². The molecule has 6 nitrogen and oxygen atoms in total. The largest absolute Gasteiger partial charge is 0.493 e. The van der Waals surface area contributed by atoms with Crippen LogP contribution in [-0.2, 0) is 11.4 Å². The van der Waals surface area contributed by atoms with E-state index >= 15 is 0 Å². The highest BCUT2D eigenvalue weighted by Gasteiger charge is 2.36. The van der Waals surface area contributed by atoms with Gasteiger partial charge in [0, 0.05) is 5.02 Å². The molecule has 3 aromatic rings. The number of anilines is 1. The summed E-state index contributed by atoms with van der Waals surface area (Å²) < 4.78 is 12.1. The first-order valence-electron chi connectivity index (χ1n) is 9.92. The van der Waals surface area contributed by atoms with E-state index in [9.17, 15) is 9.59 Å². The standard InChI is InChI=1S/C25H16BrClN2O4S/c1-32-21-11-17(10-20(26)23(21)33-14-16-4-2-15(13-28)3-5-16)12-22-24(30)29(25(31)34-22)19-8-6-18(27)7-9-19/h2-12H,14H2,1H3/b22-12-. The lowest BCUT2D eigenvalue weighted by Crippen LogP contribution is -2.27. The van der Waals surface area contributed by atoms with Crippen molar-refractivity contribution < 1.29 is 19.1 Å². The second-order valence-corrected chi connectivity index (χ2v) is 9.41. The fourth-order valence-electron chi connectivity index (χ4n) is 3.23. The molecule has 0 aromatic heterocycles. The lowest BCUT2D eigenvalue weighted by molar-refractivity contribution is -0.113. The molecule has 1 aliphatic rings. The van der Waals surface area contributed by atoms with Crippen molar-refractivity contribution in [1.29, 1.82) is 5.26 Å². The molecule has 1 heterocycles. The number of benzene rings is 3. The zero-order chi connectivity index (χ0) is 24.2. The molecule has 1 saturated heterocycles. The van der Waals surface area contributed by atoms with Gasteiger partial charge in [-0.15, -0.1) is 0 Å². The van der Waals surface area contributed by atoms with Gasteiger partial charge in [-0.05, 0) is 93.4 Å². The maximum absolute atomic E-state index is 12.9. The Morgan fingerprint density at radius 2 is 1.82 bits per heavy atom. The van der Waals surface area contributed by atoms with E-state index in [1.165, 1.54) is 7.11 Å². The third-order valence-corrected chi connectivity index (χ3v) is 6.60. The monoisotopic (exact) mass is 554 g/mol. The number of halogens is 2. The molecular weight excluding hydrogens is 540 g/mol. The third kappa shape index (κ3) is 5.12. The van der Waals surface area contributed by atoms with Crippen LogP contribution in [0.15, 0.2) is 70.0 Å². The summed E-state index contributed by atoms with van der Waals surface area (Å²) in [5, 5.41) is 9.06. The molecule has 9 heteroatoms. The van der Waals surface area contributed by atoms with E-state index in [1.807, 2.05) is 12.1 Å². The molecule has 0 bridgehead atoms. The first-order chi connectivity index (χ1) is 16.4. The van der Waals surface area contributed by atoms with Crippen LogP contribution in [-0.4, -0.2) is 18.3 Å². The number of rotatable bonds is 6. The molecule has 0 atom stereocenters. The molecule has 0 aliphatic carbocycles. The van der Waals surface area contributed by atoms with Crippen LogP contribution >= 0.6 is 39.3 Å². The van der Waals surface area contributed by atoms with Crippen LogP contribution in [0, 0.1) is 11.3 Å². The molecule has 0 unspecified atom stereocenters.